The molecule has 122 valence electrons. The molecule has 0 spiro atoms. The average Bonchev–Trinajstić information content (AvgIpc) is 2.51. The molecule has 4 nitrogen and oxygen atoms in total. The first-order valence-electron chi connectivity index (χ1n) is 7.04. The third kappa shape index (κ3) is 4.09. The summed E-state index contributed by atoms with van der Waals surface area (Å²) >= 11 is 8.28. The van der Waals surface area contributed by atoms with Crippen LogP contribution in [0.5, 0.6) is 11.5 Å². The summed E-state index contributed by atoms with van der Waals surface area (Å²) in [7, 11) is 1.58. The van der Waals surface area contributed by atoms with Crippen LogP contribution in [0.4, 0.5) is 5.69 Å². The smallest absolute Gasteiger partial charge is 0.255 e. The molecule has 0 atom stereocenters. The fourth-order valence-corrected chi connectivity index (χ4v) is 3.23. The van der Waals surface area contributed by atoms with Crippen LogP contribution in [0, 0.1) is 10.5 Å². The minimum absolute atomic E-state index is 0.247. The number of hydrogen-bond donors (Lipinski definition) is 1. The molecule has 2 aromatic carbocycles. The minimum atomic E-state index is -0.247. The van der Waals surface area contributed by atoms with Crippen molar-refractivity contribution in [1.29, 1.82) is 0 Å². The lowest BCUT2D eigenvalue weighted by Gasteiger charge is -2.14. The number of nitrogens with one attached hydrogen (secondary N) is 1. The van der Waals surface area contributed by atoms with E-state index >= 15 is 0 Å². The predicted octanol–water partition coefficient (Wildman–Crippen LogP) is 4.91. The van der Waals surface area contributed by atoms with Gasteiger partial charge in [-0.3, -0.25) is 4.79 Å². The first-order chi connectivity index (χ1) is 11.0. The summed E-state index contributed by atoms with van der Waals surface area (Å²) in [5, 5.41) is 3.36. The molecule has 0 saturated heterocycles. The monoisotopic (exact) mass is 445 g/mol. The van der Waals surface area contributed by atoms with Gasteiger partial charge in [0, 0.05) is 5.56 Å². The third-order valence-electron chi connectivity index (χ3n) is 3.24. The highest BCUT2D eigenvalue weighted by molar-refractivity contribution is 14.1. The Kier molecular flexibility index (Phi) is 6.12. The maximum Gasteiger partial charge on any atom is 0.255 e. The Morgan fingerprint density at radius 3 is 2.70 bits per heavy atom. The SMILES string of the molecule is CCOc1cc(C(=O)Nc2c(C)cccc2Cl)cc(I)c1OC. The van der Waals surface area contributed by atoms with E-state index in [2.05, 4.69) is 27.9 Å². The Bertz CT molecular complexity index is 714. The molecule has 2 aromatic rings. The zero-order chi connectivity index (χ0) is 17.0. The second-order valence-electron chi connectivity index (χ2n) is 4.81. The molecule has 0 aromatic heterocycles. The summed E-state index contributed by atoms with van der Waals surface area (Å²) in [6.07, 6.45) is 0. The molecule has 0 saturated carbocycles. The molecular formula is C17H17ClINO3. The Morgan fingerprint density at radius 1 is 1.35 bits per heavy atom. The van der Waals surface area contributed by atoms with Gasteiger partial charge in [0.15, 0.2) is 11.5 Å². The van der Waals surface area contributed by atoms with Crippen molar-refractivity contribution in [1.82, 2.24) is 0 Å². The van der Waals surface area contributed by atoms with Crippen molar-refractivity contribution in [3.63, 3.8) is 0 Å². The number of rotatable bonds is 5. The number of halogens is 2. The van der Waals surface area contributed by atoms with E-state index in [1.165, 1.54) is 0 Å². The highest BCUT2D eigenvalue weighted by atomic mass is 127. The molecule has 0 aliphatic carbocycles. The number of carbonyl (C=O) groups is 1. The summed E-state index contributed by atoms with van der Waals surface area (Å²) in [5.74, 6) is 0.920. The van der Waals surface area contributed by atoms with Gasteiger partial charge in [0.25, 0.3) is 5.91 Å². The van der Waals surface area contributed by atoms with Crippen molar-refractivity contribution in [2.45, 2.75) is 13.8 Å². The van der Waals surface area contributed by atoms with Gasteiger partial charge in [0.1, 0.15) is 0 Å². The van der Waals surface area contributed by atoms with Gasteiger partial charge >= 0.3 is 0 Å². The van der Waals surface area contributed by atoms with E-state index in [0.717, 1.165) is 9.13 Å². The van der Waals surface area contributed by atoms with Crippen LogP contribution in [0.3, 0.4) is 0 Å². The molecule has 0 aliphatic heterocycles. The number of hydrogen-bond acceptors (Lipinski definition) is 3. The molecule has 1 amide bonds. The Morgan fingerprint density at radius 2 is 2.09 bits per heavy atom. The summed E-state index contributed by atoms with van der Waals surface area (Å²) in [4.78, 5) is 12.6. The number of anilines is 1. The lowest BCUT2D eigenvalue weighted by atomic mass is 10.1. The van der Waals surface area contributed by atoms with E-state index in [-0.39, 0.29) is 5.91 Å². The van der Waals surface area contributed by atoms with Crippen LogP contribution in [-0.2, 0) is 0 Å². The molecule has 0 fully saturated rings. The van der Waals surface area contributed by atoms with Crippen LogP contribution >= 0.6 is 34.2 Å². The van der Waals surface area contributed by atoms with Gasteiger partial charge in [-0.25, -0.2) is 0 Å². The molecule has 0 bridgehead atoms. The van der Waals surface area contributed by atoms with Crippen molar-refractivity contribution in [3.05, 3.63) is 50.1 Å². The van der Waals surface area contributed by atoms with E-state index in [9.17, 15) is 4.79 Å². The van der Waals surface area contributed by atoms with Crippen LogP contribution in [0.1, 0.15) is 22.8 Å². The fourth-order valence-electron chi connectivity index (χ4n) is 2.14. The number of ether oxygens (including phenoxy) is 2. The van der Waals surface area contributed by atoms with Crippen LogP contribution in [0.15, 0.2) is 30.3 Å². The van der Waals surface area contributed by atoms with Crippen molar-refractivity contribution in [2.75, 3.05) is 19.0 Å². The van der Waals surface area contributed by atoms with Gasteiger partial charge in [-0.05, 0) is 60.2 Å². The lowest BCUT2D eigenvalue weighted by molar-refractivity contribution is 0.102. The zero-order valence-corrected chi connectivity index (χ0v) is 16.0. The van der Waals surface area contributed by atoms with Crippen molar-refractivity contribution in [3.8, 4) is 11.5 Å². The van der Waals surface area contributed by atoms with E-state index in [1.807, 2.05) is 26.0 Å². The van der Waals surface area contributed by atoms with E-state index in [4.69, 9.17) is 21.1 Å². The largest absolute Gasteiger partial charge is 0.492 e. The third-order valence-corrected chi connectivity index (χ3v) is 4.35. The van der Waals surface area contributed by atoms with E-state index in [0.29, 0.717) is 34.4 Å². The zero-order valence-electron chi connectivity index (χ0n) is 13.1. The van der Waals surface area contributed by atoms with E-state index < -0.39 is 0 Å². The number of benzene rings is 2. The molecule has 6 heteroatoms. The first-order valence-corrected chi connectivity index (χ1v) is 8.50. The Balaban J connectivity index is 2.36. The van der Waals surface area contributed by atoms with Crippen LogP contribution in [0.25, 0.3) is 0 Å². The molecule has 2 rings (SSSR count). The summed E-state index contributed by atoms with van der Waals surface area (Å²) in [6.45, 7) is 4.26. The van der Waals surface area contributed by atoms with Crippen molar-refractivity contribution >= 4 is 45.8 Å². The van der Waals surface area contributed by atoms with Gasteiger partial charge < -0.3 is 14.8 Å². The predicted molar refractivity (Wildman–Crippen MR) is 101 cm³/mol. The normalized spacial score (nSPS) is 10.3. The summed E-state index contributed by atoms with van der Waals surface area (Å²) < 4.78 is 11.7. The fraction of sp³-hybridized carbons (Fsp3) is 0.235. The lowest BCUT2D eigenvalue weighted by Crippen LogP contribution is -2.14. The number of carbonyl (C=O) groups excluding carboxylic acids is 1. The van der Waals surface area contributed by atoms with Crippen molar-refractivity contribution in [2.24, 2.45) is 0 Å². The molecule has 23 heavy (non-hydrogen) atoms. The number of para-hydroxylation sites is 1. The highest BCUT2D eigenvalue weighted by Crippen LogP contribution is 2.34. The number of amides is 1. The Labute approximate surface area is 154 Å². The quantitative estimate of drug-likeness (QED) is 0.665. The molecule has 0 heterocycles. The van der Waals surface area contributed by atoms with Gasteiger partial charge in [0.2, 0.25) is 0 Å². The number of aryl methyl sites for hydroxylation is 1. The molecule has 0 radical (unpaired) electrons. The second-order valence-corrected chi connectivity index (χ2v) is 6.38. The molecule has 0 aliphatic rings. The van der Waals surface area contributed by atoms with Gasteiger partial charge in [0.05, 0.1) is 28.0 Å². The maximum absolute atomic E-state index is 12.6. The standard InChI is InChI=1S/C17H17ClINO3/c1-4-23-14-9-11(8-13(19)16(14)22-3)17(21)20-15-10(2)6-5-7-12(15)18/h5-9H,4H2,1-3H3,(H,20,21). The topological polar surface area (TPSA) is 47.6 Å². The molecule has 0 unspecified atom stereocenters. The average molecular weight is 446 g/mol. The maximum atomic E-state index is 12.6. The van der Waals surface area contributed by atoms with Crippen LogP contribution < -0.4 is 14.8 Å². The summed E-state index contributed by atoms with van der Waals surface area (Å²) in [6, 6.07) is 8.91. The second kappa shape index (κ2) is 7.88. The van der Waals surface area contributed by atoms with Crippen LogP contribution in [0.2, 0.25) is 5.02 Å². The van der Waals surface area contributed by atoms with E-state index in [1.54, 1.807) is 25.3 Å². The van der Waals surface area contributed by atoms with Crippen LogP contribution in [-0.4, -0.2) is 19.6 Å². The van der Waals surface area contributed by atoms with Gasteiger partial charge in [-0.15, -0.1) is 0 Å². The molecule has 1 N–H and O–H groups in total. The Hall–Kier alpha value is -1.47. The van der Waals surface area contributed by atoms with Crippen molar-refractivity contribution < 1.29 is 14.3 Å². The number of methoxy groups -OCH3 is 1. The first kappa shape index (κ1) is 17.9. The molecular weight excluding hydrogens is 429 g/mol. The van der Waals surface area contributed by atoms with Gasteiger partial charge in [-0.1, -0.05) is 23.7 Å². The van der Waals surface area contributed by atoms with Gasteiger partial charge in [-0.2, -0.15) is 0 Å². The minimum Gasteiger partial charge on any atom is -0.492 e. The highest BCUT2D eigenvalue weighted by Gasteiger charge is 2.16. The summed E-state index contributed by atoms with van der Waals surface area (Å²) in [5.41, 5.74) is 2.00.